The van der Waals surface area contributed by atoms with Crippen LogP contribution >= 0.6 is 0 Å². The Hall–Kier alpha value is -1.80. The highest BCUT2D eigenvalue weighted by Crippen LogP contribution is 2.34. The Kier molecular flexibility index (Phi) is 4.56. The van der Waals surface area contributed by atoms with Gasteiger partial charge in [-0.2, -0.15) is 0 Å². The molecule has 0 aliphatic heterocycles. The number of benzene rings is 2. The van der Waals surface area contributed by atoms with Crippen LogP contribution in [0.1, 0.15) is 30.4 Å². The highest BCUT2D eigenvalue weighted by atomic mass is 16.5. The lowest BCUT2D eigenvalue weighted by Gasteiger charge is -2.10. The normalized spacial score (nSPS) is 15.7. The van der Waals surface area contributed by atoms with Crippen molar-refractivity contribution < 1.29 is 9.84 Å². The second-order valence-electron chi connectivity index (χ2n) is 5.86. The smallest absolute Gasteiger partial charge is 0.119 e. The Labute approximate surface area is 126 Å². The van der Waals surface area contributed by atoms with E-state index in [4.69, 9.17) is 4.74 Å². The van der Waals surface area contributed by atoms with Gasteiger partial charge in [0, 0.05) is 0 Å². The molecule has 21 heavy (non-hydrogen) atoms. The standard InChI is InChI=1S/C19H22O2/c20-19(17-9-10-17)13-8-15-6-11-18(12-7-15)21-14-16-4-2-1-3-5-16/h1-7,11-12,17,19-20H,8-10,13-14H2. The quantitative estimate of drug-likeness (QED) is 0.832. The van der Waals surface area contributed by atoms with Crippen LogP contribution in [0.2, 0.25) is 0 Å². The minimum absolute atomic E-state index is 0.112. The molecule has 0 saturated heterocycles. The first-order chi connectivity index (χ1) is 10.3. The molecule has 1 unspecified atom stereocenters. The number of rotatable bonds is 7. The van der Waals surface area contributed by atoms with E-state index in [2.05, 4.69) is 24.3 Å². The minimum Gasteiger partial charge on any atom is -0.489 e. The van der Waals surface area contributed by atoms with E-state index in [1.54, 1.807) is 0 Å². The molecule has 0 heterocycles. The zero-order valence-corrected chi connectivity index (χ0v) is 12.2. The number of ether oxygens (including phenoxy) is 1. The summed E-state index contributed by atoms with van der Waals surface area (Å²) in [6.07, 6.45) is 4.10. The topological polar surface area (TPSA) is 29.5 Å². The number of hydrogen-bond donors (Lipinski definition) is 1. The van der Waals surface area contributed by atoms with E-state index in [-0.39, 0.29) is 6.10 Å². The zero-order chi connectivity index (χ0) is 14.5. The Morgan fingerprint density at radius 3 is 2.33 bits per heavy atom. The average Bonchev–Trinajstić information content (AvgIpc) is 3.37. The first-order valence-electron chi connectivity index (χ1n) is 7.75. The molecule has 0 amide bonds. The van der Waals surface area contributed by atoms with Crippen molar-refractivity contribution in [1.82, 2.24) is 0 Å². The third-order valence-electron chi connectivity index (χ3n) is 4.07. The SMILES string of the molecule is OC(CCc1ccc(OCc2ccccc2)cc1)C1CC1. The molecular formula is C19H22O2. The second kappa shape index (κ2) is 6.77. The van der Waals surface area contributed by atoms with Crippen molar-refractivity contribution in [2.24, 2.45) is 5.92 Å². The van der Waals surface area contributed by atoms with Crippen LogP contribution in [0.4, 0.5) is 0 Å². The van der Waals surface area contributed by atoms with Crippen molar-refractivity contribution in [3.05, 3.63) is 65.7 Å². The van der Waals surface area contributed by atoms with Crippen LogP contribution < -0.4 is 4.74 Å². The van der Waals surface area contributed by atoms with Crippen LogP contribution in [0.15, 0.2) is 54.6 Å². The van der Waals surface area contributed by atoms with Crippen LogP contribution in [0, 0.1) is 5.92 Å². The zero-order valence-electron chi connectivity index (χ0n) is 12.2. The van der Waals surface area contributed by atoms with Gasteiger partial charge in [0.05, 0.1) is 6.10 Å². The highest BCUT2D eigenvalue weighted by Gasteiger charge is 2.28. The van der Waals surface area contributed by atoms with Gasteiger partial charge in [0.1, 0.15) is 12.4 Å². The molecule has 2 heteroatoms. The van der Waals surface area contributed by atoms with Crippen molar-refractivity contribution in [3.8, 4) is 5.75 Å². The van der Waals surface area contributed by atoms with Crippen molar-refractivity contribution in [1.29, 1.82) is 0 Å². The van der Waals surface area contributed by atoms with Gasteiger partial charge in [-0.25, -0.2) is 0 Å². The maximum atomic E-state index is 9.89. The van der Waals surface area contributed by atoms with Crippen molar-refractivity contribution >= 4 is 0 Å². The van der Waals surface area contributed by atoms with Gasteiger partial charge in [-0.3, -0.25) is 0 Å². The van der Waals surface area contributed by atoms with E-state index in [9.17, 15) is 5.11 Å². The van der Waals surface area contributed by atoms with Gasteiger partial charge in [0.2, 0.25) is 0 Å². The van der Waals surface area contributed by atoms with Crippen molar-refractivity contribution in [2.45, 2.75) is 38.4 Å². The molecule has 1 fully saturated rings. The summed E-state index contributed by atoms with van der Waals surface area (Å²) in [5.74, 6) is 1.46. The fraction of sp³-hybridized carbons (Fsp3) is 0.368. The van der Waals surface area contributed by atoms with Gasteiger partial charge >= 0.3 is 0 Å². The molecule has 0 radical (unpaired) electrons. The predicted molar refractivity (Wildman–Crippen MR) is 84.3 cm³/mol. The fourth-order valence-electron chi connectivity index (χ4n) is 2.52. The molecule has 1 aliphatic rings. The van der Waals surface area contributed by atoms with E-state index in [0.29, 0.717) is 12.5 Å². The van der Waals surface area contributed by atoms with E-state index < -0.39 is 0 Å². The van der Waals surface area contributed by atoms with Gasteiger partial charge in [0.25, 0.3) is 0 Å². The summed E-state index contributed by atoms with van der Waals surface area (Å²) in [7, 11) is 0. The number of hydrogen-bond acceptors (Lipinski definition) is 2. The van der Waals surface area contributed by atoms with Gasteiger partial charge in [-0.15, -0.1) is 0 Å². The molecule has 2 aromatic rings. The monoisotopic (exact) mass is 282 g/mol. The summed E-state index contributed by atoms with van der Waals surface area (Å²) >= 11 is 0. The third-order valence-corrected chi connectivity index (χ3v) is 4.07. The number of aliphatic hydroxyl groups excluding tert-OH is 1. The summed E-state index contributed by atoms with van der Waals surface area (Å²) in [5.41, 5.74) is 2.44. The molecule has 2 nitrogen and oxygen atoms in total. The van der Waals surface area contributed by atoms with Gasteiger partial charge < -0.3 is 9.84 Å². The number of aliphatic hydroxyl groups is 1. The summed E-state index contributed by atoms with van der Waals surface area (Å²) < 4.78 is 5.77. The number of aryl methyl sites for hydroxylation is 1. The van der Waals surface area contributed by atoms with Crippen molar-refractivity contribution in [3.63, 3.8) is 0 Å². The highest BCUT2D eigenvalue weighted by molar-refractivity contribution is 5.28. The van der Waals surface area contributed by atoms with Crippen molar-refractivity contribution in [2.75, 3.05) is 0 Å². The summed E-state index contributed by atoms with van der Waals surface area (Å²) in [5, 5.41) is 9.89. The molecule has 110 valence electrons. The lowest BCUT2D eigenvalue weighted by molar-refractivity contribution is 0.142. The van der Waals surface area contributed by atoms with Crippen LogP contribution in [0.3, 0.4) is 0 Å². The minimum atomic E-state index is -0.112. The lowest BCUT2D eigenvalue weighted by atomic mass is 10.0. The average molecular weight is 282 g/mol. The maximum Gasteiger partial charge on any atom is 0.119 e. The fourth-order valence-corrected chi connectivity index (χ4v) is 2.52. The molecule has 1 atom stereocenters. The predicted octanol–water partition coefficient (Wildman–Crippen LogP) is 3.97. The van der Waals surface area contributed by atoms with Crippen LogP contribution in [-0.2, 0) is 13.0 Å². The second-order valence-corrected chi connectivity index (χ2v) is 5.86. The molecular weight excluding hydrogens is 260 g/mol. The largest absolute Gasteiger partial charge is 0.489 e. The van der Waals surface area contributed by atoms with Crippen LogP contribution in [0.25, 0.3) is 0 Å². The molecule has 0 spiro atoms. The molecule has 0 aromatic heterocycles. The molecule has 0 bridgehead atoms. The lowest BCUT2D eigenvalue weighted by Crippen LogP contribution is -2.10. The summed E-state index contributed by atoms with van der Waals surface area (Å²) in [4.78, 5) is 0. The summed E-state index contributed by atoms with van der Waals surface area (Å²) in [6.45, 7) is 0.598. The maximum absolute atomic E-state index is 9.89. The van der Waals surface area contributed by atoms with Gasteiger partial charge in [0.15, 0.2) is 0 Å². The van der Waals surface area contributed by atoms with Gasteiger partial charge in [-0.05, 0) is 54.9 Å². The van der Waals surface area contributed by atoms with E-state index in [1.807, 2.05) is 30.3 Å². The van der Waals surface area contributed by atoms with Gasteiger partial charge in [-0.1, -0.05) is 42.5 Å². The Morgan fingerprint density at radius 1 is 0.952 bits per heavy atom. The van der Waals surface area contributed by atoms with E-state index in [0.717, 1.165) is 18.6 Å². The Morgan fingerprint density at radius 2 is 1.67 bits per heavy atom. The molecule has 1 saturated carbocycles. The van der Waals surface area contributed by atoms with Crippen LogP contribution in [0.5, 0.6) is 5.75 Å². The van der Waals surface area contributed by atoms with Crippen LogP contribution in [-0.4, -0.2) is 11.2 Å². The summed E-state index contributed by atoms with van der Waals surface area (Å²) in [6, 6.07) is 18.4. The third kappa shape index (κ3) is 4.33. The molecule has 1 N–H and O–H groups in total. The Balaban J connectivity index is 1.47. The first kappa shape index (κ1) is 14.2. The molecule has 1 aliphatic carbocycles. The Bertz CT molecular complexity index is 544. The van der Waals surface area contributed by atoms with E-state index >= 15 is 0 Å². The van der Waals surface area contributed by atoms with E-state index in [1.165, 1.54) is 24.0 Å². The molecule has 3 rings (SSSR count). The first-order valence-corrected chi connectivity index (χ1v) is 7.75. The molecule has 2 aromatic carbocycles.